The Kier molecular flexibility index (Phi) is 5.05. The third-order valence-corrected chi connectivity index (χ3v) is 5.28. The molecule has 0 unspecified atom stereocenters. The molecule has 1 atom stereocenters. The van der Waals surface area contributed by atoms with Crippen LogP contribution in [0, 0.1) is 5.82 Å². The molecule has 2 aliphatic rings. The Balaban J connectivity index is 1.52. The minimum absolute atomic E-state index is 0.0494. The molecule has 1 saturated heterocycles. The molecular weight excluding hydrogens is 373 g/mol. The number of hydrogen-bond donors (Lipinski definition) is 1. The van der Waals surface area contributed by atoms with Crippen molar-refractivity contribution in [3.8, 4) is 0 Å². The van der Waals surface area contributed by atoms with Crippen LogP contribution in [-0.4, -0.2) is 34.8 Å². The van der Waals surface area contributed by atoms with Crippen LogP contribution in [0.4, 0.5) is 20.6 Å². The van der Waals surface area contributed by atoms with Gasteiger partial charge in [0.05, 0.1) is 12.1 Å². The number of nitrogens with one attached hydrogen (secondary N) is 1. The monoisotopic (exact) mass is 395 g/mol. The first kappa shape index (κ1) is 19.1. The van der Waals surface area contributed by atoms with E-state index in [1.165, 1.54) is 23.1 Å². The van der Waals surface area contributed by atoms with Crippen LogP contribution in [0.1, 0.15) is 31.7 Å². The highest BCUT2D eigenvalue weighted by Gasteiger charge is 2.52. The Morgan fingerprint density at radius 2 is 1.86 bits per heavy atom. The van der Waals surface area contributed by atoms with Crippen LogP contribution in [0.15, 0.2) is 48.5 Å². The lowest BCUT2D eigenvalue weighted by Crippen LogP contribution is -2.39. The van der Waals surface area contributed by atoms with Crippen molar-refractivity contribution in [3.63, 3.8) is 0 Å². The summed E-state index contributed by atoms with van der Waals surface area (Å²) in [6.07, 6.45) is 2.36. The largest absolute Gasteiger partial charge is 0.332 e. The highest BCUT2D eigenvalue weighted by molar-refractivity contribution is 6.22. The number of amides is 4. The van der Waals surface area contributed by atoms with Crippen LogP contribution in [-0.2, 0) is 16.0 Å². The zero-order chi connectivity index (χ0) is 20.5. The molecule has 150 valence electrons. The molecule has 4 amide bonds. The van der Waals surface area contributed by atoms with E-state index in [9.17, 15) is 18.8 Å². The van der Waals surface area contributed by atoms with Crippen LogP contribution < -0.4 is 10.2 Å². The van der Waals surface area contributed by atoms with E-state index in [-0.39, 0.29) is 24.1 Å². The highest BCUT2D eigenvalue weighted by atomic mass is 19.1. The third-order valence-electron chi connectivity index (χ3n) is 5.28. The normalized spacial score (nSPS) is 19.0. The van der Waals surface area contributed by atoms with Gasteiger partial charge in [0.2, 0.25) is 5.91 Å². The second kappa shape index (κ2) is 7.66. The molecule has 0 radical (unpaired) electrons. The zero-order valence-electron chi connectivity index (χ0n) is 16.1. The first-order valence-corrected chi connectivity index (χ1v) is 9.78. The summed E-state index contributed by atoms with van der Waals surface area (Å²) < 4.78 is 13.6. The fraction of sp³-hybridized carbons (Fsp3) is 0.318. The smallest absolute Gasteiger partial charge is 0.326 e. The quantitative estimate of drug-likeness (QED) is 0.758. The summed E-state index contributed by atoms with van der Waals surface area (Å²) in [4.78, 5) is 41.0. The molecule has 1 aliphatic carbocycles. The number of carbonyl (C=O) groups excluding carboxylic acids is 3. The molecule has 1 heterocycles. The standard InChI is InChI=1S/C22H22FN3O3/c1-2-14-6-8-16(9-7-14)24-20(27)13-19-21(28)26(18-5-3-4-15(23)12-18)22(29)25(19)17-10-11-17/h3-9,12,17,19H,2,10-11,13H2,1H3,(H,24,27)/t19-/m0/s1. The van der Waals surface area contributed by atoms with Gasteiger partial charge in [-0.2, -0.15) is 0 Å². The lowest BCUT2D eigenvalue weighted by molar-refractivity contribution is -0.124. The van der Waals surface area contributed by atoms with Gasteiger partial charge in [0, 0.05) is 11.7 Å². The van der Waals surface area contributed by atoms with Crippen molar-refractivity contribution in [3.05, 3.63) is 59.9 Å². The maximum absolute atomic E-state index is 13.6. The third kappa shape index (κ3) is 3.85. The van der Waals surface area contributed by atoms with Gasteiger partial charge in [0.15, 0.2) is 0 Å². The average molecular weight is 395 g/mol. The van der Waals surface area contributed by atoms with Gasteiger partial charge >= 0.3 is 6.03 Å². The van der Waals surface area contributed by atoms with E-state index in [0.29, 0.717) is 5.69 Å². The van der Waals surface area contributed by atoms with Crippen LogP contribution >= 0.6 is 0 Å². The van der Waals surface area contributed by atoms with Crippen molar-refractivity contribution >= 4 is 29.2 Å². The molecular formula is C22H22FN3O3. The Bertz CT molecular complexity index is 956. The predicted octanol–water partition coefficient (Wildman–Crippen LogP) is 3.72. The van der Waals surface area contributed by atoms with Gasteiger partial charge in [-0.1, -0.05) is 25.1 Å². The molecule has 2 aromatic carbocycles. The van der Waals surface area contributed by atoms with Crippen LogP contribution in [0.25, 0.3) is 0 Å². The zero-order valence-corrected chi connectivity index (χ0v) is 16.1. The van der Waals surface area contributed by atoms with Gasteiger partial charge in [-0.05, 0) is 55.2 Å². The maximum atomic E-state index is 13.6. The minimum atomic E-state index is -0.881. The van der Waals surface area contributed by atoms with E-state index >= 15 is 0 Å². The summed E-state index contributed by atoms with van der Waals surface area (Å²) in [6, 6.07) is 11.4. The van der Waals surface area contributed by atoms with Gasteiger partial charge in [-0.3, -0.25) is 9.59 Å². The molecule has 7 heteroatoms. The van der Waals surface area contributed by atoms with Crippen LogP contribution in [0.5, 0.6) is 0 Å². The first-order valence-electron chi connectivity index (χ1n) is 9.78. The van der Waals surface area contributed by atoms with Crippen molar-refractivity contribution in [1.29, 1.82) is 0 Å². The fourth-order valence-electron chi connectivity index (χ4n) is 3.62. The molecule has 0 bridgehead atoms. The SMILES string of the molecule is CCc1ccc(NC(=O)C[C@H]2C(=O)N(c3cccc(F)c3)C(=O)N2C2CC2)cc1. The van der Waals surface area contributed by atoms with Gasteiger partial charge in [0.25, 0.3) is 5.91 Å². The van der Waals surface area contributed by atoms with Crippen molar-refractivity contribution < 1.29 is 18.8 Å². The number of halogens is 1. The molecule has 0 aromatic heterocycles. The second-order valence-electron chi connectivity index (χ2n) is 7.39. The summed E-state index contributed by atoms with van der Waals surface area (Å²) in [5.74, 6) is -1.37. The molecule has 0 spiro atoms. The predicted molar refractivity (Wildman–Crippen MR) is 107 cm³/mol. The minimum Gasteiger partial charge on any atom is -0.326 e. The number of aryl methyl sites for hydroxylation is 1. The van der Waals surface area contributed by atoms with E-state index in [1.54, 1.807) is 0 Å². The Morgan fingerprint density at radius 1 is 1.14 bits per heavy atom. The number of carbonyl (C=O) groups is 3. The molecule has 1 N–H and O–H groups in total. The summed E-state index contributed by atoms with van der Waals surface area (Å²) in [6.45, 7) is 2.05. The van der Waals surface area contributed by atoms with Gasteiger partial charge in [0.1, 0.15) is 11.9 Å². The summed E-state index contributed by atoms with van der Waals surface area (Å²) in [7, 11) is 0. The topological polar surface area (TPSA) is 69.7 Å². The molecule has 1 aliphatic heterocycles. The molecule has 29 heavy (non-hydrogen) atoms. The van der Waals surface area contributed by atoms with E-state index in [0.717, 1.165) is 35.8 Å². The highest BCUT2D eigenvalue weighted by Crippen LogP contribution is 2.36. The Hall–Kier alpha value is -3.22. The number of rotatable bonds is 6. The Labute approximate surface area is 168 Å². The fourth-order valence-corrected chi connectivity index (χ4v) is 3.62. The van der Waals surface area contributed by atoms with Crippen LogP contribution in [0.2, 0.25) is 0 Å². The van der Waals surface area contributed by atoms with Gasteiger partial charge < -0.3 is 10.2 Å². The Morgan fingerprint density at radius 3 is 2.48 bits per heavy atom. The summed E-state index contributed by atoms with van der Waals surface area (Å²) >= 11 is 0. The van der Waals surface area contributed by atoms with E-state index in [4.69, 9.17) is 0 Å². The lowest BCUT2D eigenvalue weighted by atomic mass is 10.1. The molecule has 1 saturated carbocycles. The van der Waals surface area contributed by atoms with Crippen molar-refractivity contribution in [2.45, 2.75) is 44.7 Å². The van der Waals surface area contributed by atoms with Gasteiger partial charge in [-0.25, -0.2) is 14.1 Å². The number of imide groups is 1. The van der Waals surface area contributed by atoms with Crippen molar-refractivity contribution in [1.82, 2.24) is 4.90 Å². The first-order chi connectivity index (χ1) is 14.0. The van der Waals surface area contributed by atoms with Gasteiger partial charge in [-0.15, -0.1) is 0 Å². The second-order valence-corrected chi connectivity index (χ2v) is 7.39. The molecule has 2 aromatic rings. The summed E-state index contributed by atoms with van der Waals surface area (Å²) in [5, 5.41) is 2.79. The molecule has 2 fully saturated rings. The molecule has 6 nitrogen and oxygen atoms in total. The number of hydrogen-bond acceptors (Lipinski definition) is 3. The van der Waals surface area contributed by atoms with Crippen LogP contribution in [0.3, 0.4) is 0 Å². The van der Waals surface area contributed by atoms with E-state index in [2.05, 4.69) is 5.32 Å². The number of urea groups is 1. The number of benzene rings is 2. The van der Waals surface area contributed by atoms with Crippen molar-refractivity contribution in [2.75, 3.05) is 10.2 Å². The molecule has 4 rings (SSSR count). The van der Waals surface area contributed by atoms with E-state index in [1.807, 2.05) is 31.2 Å². The van der Waals surface area contributed by atoms with Crippen molar-refractivity contribution in [2.24, 2.45) is 0 Å². The lowest BCUT2D eigenvalue weighted by Gasteiger charge is -2.21. The van der Waals surface area contributed by atoms with E-state index < -0.39 is 23.8 Å². The maximum Gasteiger partial charge on any atom is 0.332 e. The summed E-state index contributed by atoms with van der Waals surface area (Å²) in [5.41, 5.74) is 1.98. The number of nitrogens with zero attached hydrogens (tertiary/aromatic N) is 2. The average Bonchev–Trinajstić information content (AvgIpc) is 3.50. The number of anilines is 2.